The molecule has 0 heterocycles. The van der Waals surface area contributed by atoms with Crippen LogP contribution in [-0.2, 0) is 11.2 Å². The Labute approximate surface area is 185 Å². The van der Waals surface area contributed by atoms with Crippen LogP contribution in [0.1, 0.15) is 23.1 Å². The van der Waals surface area contributed by atoms with Crippen molar-refractivity contribution in [1.29, 1.82) is 0 Å². The Bertz CT molecular complexity index is 1310. The lowest BCUT2D eigenvalue weighted by molar-refractivity contribution is 0.195. The number of halogens is 3. The molecule has 0 aliphatic heterocycles. The summed E-state index contributed by atoms with van der Waals surface area (Å²) in [6.45, 7) is 0.726. The molecule has 1 nitrogen and oxygen atoms in total. The second-order valence-electron chi connectivity index (χ2n) is 7.57. The molecule has 0 aromatic heterocycles. The first-order valence-electron chi connectivity index (χ1n) is 10.3. The van der Waals surface area contributed by atoms with Crippen molar-refractivity contribution >= 4 is 10.8 Å². The molecule has 0 N–H and O–H groups in total. The van der Waals surface area contributed by atoms with Gasteiger partial charge < -0.3 is 4.74 Å². The van der Waals surface area contributed by atoms with Crippen LogP contribution in [0.3, 0.4) is 0 Å². The monoisotopic (exact) mass is 430 g/mol. The van der Waals surface area contributed by atoms with Gasteiger partial charge in [0.2, 0.25) is 0 Å². The fourth-order valence-electron chi connectivity index (χ4n) is 3.54. The maximum atomic E-state index is 14.7. The van der Waals surface area contributed by atoms with Crippen molar-refractivity contribution in [3.63, 3.8) is 0 Å². The molecule has 0 saturated heterocycles. The van der Waals surface area contributed by atoms with E-state index in [-0.39, 0.29) is 5.56 Å². The average molecular weight is 430 g/mol. The van der Waals surface area contributed by atoms with Gasteiger partial charge in [0.1, 0.15) is 5.82 Å². The van der Waals surface area contributed by atoms with Gasteiger partial charge in [0, 0.05) is 19.3 Å². The van der Waals surface area contributed by atoms with Crippen LogP contribution < -0.4 is 0 Å². The third-order valence-corrected chi connectivity index (χ3v) is 5.29. The molecule has 0 atom stereocenters. The fourth-order valence-corrected chi connectivity index (χ4v) is 3.54. The number of aryl methyl sites for hydroxylation is 1. The quantitative estimate of drug-likeness (QED) is 0.247. The normalized spacial score (nSPS) is 10.8. The number of fused-ring (bicyclic) bond motifs is 1. The second kappa shape index (κ2) is 9.72. The van der Waals surface area contributed by atoms with Crippen molar-refractivity contribution in [2.45, 2.75) is 12.8 Å². The summed E-state index contributed by atoms with van der Waals surface area (Å²) < 4.78 is 46.6. The highest BCUT2D eigenvalue weighted by Crippen LogP contribution is 2.23. The molecule has 0 unspecified atom stereocenters. The lowest BCUT2D eigenvalue weighted by atomic mass is 10.0. The summed E-state index contributed by atoms with van der Waals surface area (Å²) in [4.78, 5) is 0. The summed E-state index contributed by atoms with van der Waals surface area (Å²) in [5.74, 6) is 3.53. The molecule has 0 fully saturated rings. The van der Waals surface area contributed by atoms with Crippen LogP contribution in [0.2, 0.25) is 0 Å². The zero-order chi connectivity index (χ0) is 22.5. The molecule has 0 aliphatic rings. The van der Waals surface area contributed by atoms with E-state index in [0.29, 0.717) is 16.3 Å². The highest BCUT2D eigenvalue weighted by Gasteiger charge is 2.06. The van der Waals surface area contributed by atoms with E-state index in [1.807, 2.05) is 30.3 Å². The number of ether oxygens (including phenoxy) is 1. The maximum absolute atomic E-state index is 14.7. The maximum Gasteiger partial charge on any atom is 0.159 e. The minimum absolute atomic E-state index is 0.273. The first-order chi connectivity index (χ1) is 15.5. The number of benzene rings is 4. The van der Waals surface area contributed by atoms with Gasteiger partial charge in [-0.15, -0.1) is 0 Å². The summed E-state index contributed by atoms with van der Waals surface area (Å²) in [6.07, 6.45) is 1.90. The fraction of sp³-hybridized carbons (Fsp3) is 0.143. The van der Waals surface area contributed by atoms with E-state index in [4.69, 9.17) is 4.74 Å². The molecule has 160 valence electrons. The van der Waals surface area contributed by atoms with E-state index < -0.39 is 17.5 Å². The number of rotatable bonds is 5. The van der Waals surface area contributed by atoms with E-state index in [1.165, 1.54) is 11.6 Å². The molecule has 4 heteroatoms. The molecule has 4 aromatic rings. The van der Waals surface area contributed by atoms with Gasteiger partial charge in [-0.05, 0) is 76.7 Å². The zero-order valence-electron chi connectivity index (χ0n) is 17.6. The van der Waals surface area contributed by atoms with Gasteiger partial charge in [0.25, 0.3) is 0 Å². The van der Waals surface area contributed by atoms with Crippen LogP contribution in [0.5, 0.6) is 0 Å². The summed E-state index contributed by atoms with van der Waals surface area (Å²) >= 11 is 0. The van der Waals surface area contributed by atoms with Gasteiger partial charge in [0.05, 0.1) is 5.56 Å². The third kappa shape index (κ3) is 5.01. The Morgan fingerprint density at radius 1 is 0.688 bits per heavy atom. The molecule has 4 rings (SSSR count). The van der Waals surface area contributed by atoms with Gasteiger partial charge in [-0.3, -0.25) is 0 Å². The predicted molar refractivity (Wildman–Crippen MR) is 122 cm³/mol. The van der Waals surface area contributed by atoms with Crippen LogP contribution >= 0.6 is 0 Å². The number of methoxy groups -OCH3 is 1. The Kier molecular flexibility index (Phi) is 6.58. The van der Waals surface area contributed by atoms with E-state index in [1.54, 1.807) is 31.4 Å². The van der Waals surface area contributed by atoms with Crippen LogP contribution in [0, 0.1) is 29.3 Å². The first-order valence-corrected chi connectivity index (χ1v) is 10.3. The molecule has 0 bridgehead atoms. The van der Waals surface area contributed by atoms with Gasteiger partial charge >= 0.3 is 0 Å². The van der Waals surface area contributed by atoms with Crippen molar-refractivity contribution in [2.24, 2.45) is 0 Å². The summed E-state index contributed by atoms with van der Waals surface area (Å²) in [5.41, 5.74) is 3.79. The molecular weight excluding hydrogens is 409 g/mol. The topological polar surface area (TPSA) is 9.23 Å². The van der Waals surface area contributed by atoms with Gasteiger partial charge in [-0.25, -0.2) is 13.2 Å². The van der Waals surface area contributed by atoms with Gasteiger partial charge in [-0.1, -0.05) is 48.2 Å². The Morgan fingerprint density at radius 2 is 1.41 bits per heavy atom. The highest BCUT2D eigenvalue weighted by atomic mass is 19.2. The summed E-state index contributed by atoms with van der Waals surface area (Å²) in [7, 11) is 1.69. The standard InChI is InChI=1S/C28H21F3O/c1-32-14-2-3-19-4-8-21(9-5-19)23-13-12-22(26(29)16-23)10-6-20-7-11-24-17-27(30)28(31)18-25(24)15-20/h4-5,7-9,11-13,15-18H,2-3,14H2,1H3. The van der Waals surface area contributed by atoms with Crippen molar-refractivity contribution in [2.75, 3.05) is 13.7 Å². The number of hydrogen-bond donors (Lipinski definition) is 0. The third-order valence-electron chi connectivity index (χ3n) is 5.29. The largest absolute Gasteiger partial charge is 0.385 e. The lowest BCUT2D eigenvalue weighted by Gasteiger charge is -2.06. The van der Waals surface area contributed by atoms with Crippen LogP contribution in [0.15, 0.2) is 72.8 Å². The first kappa shape index (κ1) is 21.7. The SMILES string of the molecule is COCCCc1ccc(-c2ccc(C#Cc3ccc4cc(F)c(F)cc4c3)c(F)c2)cc1. The van der Waals surface area contributed by atoms with Crippen molar-refractivity contribution in [3.8, 4) is 23.0 Å². The second-order valence-corrected chi connectivity index (χ2v) is 7.57. The van der Waals surface area contributed by atoms with Crippen molar-refractivity contribution in [1.82, 2.24) is 0 Å². The van der Waals surface area contributed by atoms with Crippen LogP contribution in [0.4, 0.5) is 13.2 Å². The average Bonchev–Trinajstić information content (AvgIpc) is 2.80. The molecule has 0 radical (unpaired) electrons. The molecule has 0 aliphatic carbocycles. The van der Waals surface area contributed by atoms with Crippen molar-refractivity contribution < 1.29 is 17.9 Å². The Hall–Kier alpha value is -3.55. The smallest absolute Gasteiger partial charge is 0.159 e. The number of hydrogen-bond acceptors (Lipinski definition) is 1. The van der Waals surface area contributed by atoms with E-state index >= 15 is 0 Å². The molecule has 0 spiro atoms. The van der Waals surface area contributed by atoms with E-state index in [9.17, 15) is 13.2 Å². The highest BCUT2D eigenvalue weighted by molar-refractivity contribution is 5.84. The minimum atomic E-state index is -0.910. The molecule has 0 saturated carbocycles. The molecule has 4 aromatic carbocycles. The van der Waals surface area contributed by atoms with Gasteiger partial charge in [-0.2, -0.15) is 0 Å². The summed E-state index contributed by atoms with van der Waals surface area (Å²) in [6, 6.07) is 20.3. The Morgan fingerprint density at radius 3 is 2.12 bits per heavy atom. The van der Waals surface area contributed by atoms with E-state index in [2.05, 4.69) is 11.8 Å². The van der Waals surface area contributed by atoms with E-state index in [0.717, 1.165) is 42.7 Å². The van der Waals surface area contributed by atoms with Crippen LogP contribution in [0.25, 0.3) is 21.9 Å². The summed E-state index contributed by atoms with van der Waals surface area (Å²) in [5, 5.41) is 1.12. The molecular formula is C28H21F3O. The predicted octanol–water partition coefficient (Wildman–Crippen LogP) is 6.90. The zero-order valence-corrected chi connectivity index (χ0v) is 17.6. The van der Waals surface area contributed by atoms with Gasteiger partial charge in [0.15, 0.2) is 11.6 Å². The molecule has 32 heavy (non-hydrogen) atoms. The Balaban J connectivity index is 1.53. The lowest BCUT2D eigenvalue weighted by Crippen LogP contribution is -1.92. The minimum Gasteiger partial charge on any atom is -0.385 e. The van der Waals surface area contributed by atoms with Crippen LogP contribution in [-0.4, -0.2) is 13.7 Å². The van der Waals surface area contributed by atoms with Crippen molar-refractivity contribution in [3.05, 3.63) is 107 Å². The molecule has 0 amide bonds.